The quantitative estimate of drug-likeness (QED) is 0.0644. The predicted octanol–water partition coefficient (Wildman–Crippen LogP) is 11.3. The fourth-order valence-corrected chi connectivity index (χ4v) is 11.4. The molecule has 5 aliphatic heterocycles. The van der Waals surface area contributed by atoms with E-state index >= 15 is 0 Å². The number of aromatic nitrogens is 4. The average molecular weight is 991 g/mol. The van der Waals surface area contributed by atoms with E-state index in [1.54, 1.807) is 0 Å². The van der Waals surface area contributed by atoms with Gasteiger partial charge in [-0.15, -0.1) is 0 Å². The maximum atomic E-state index is 6.33. The number of hydrogen-bond acceptors (Lipinski definition) is 7. The van der Waals surface area contributed by atoms with Gasteiger partial charge in [0.15, 0.2) is 0 Å². The molecule has 7 N–H and O–H groups in total. The van der Waals surface area contributed by atoms with Crippen LogP contribution in [0.25, 0.3) is 56.9 Å². The van der Waals surface area contributed by atoms with E-state index in [-0.39, 0.29) is 12.1 Å². The van der Waals surface area contributed by atoms with E-state index in [0.29, 0.717) is 13.2 Å². The molecule has 9 aromatic rings. The Labute approximate surface area is 440 Å². The zero-order chi connectivity index (χ0) is 50.4. The highest BCUT2D eigenvalue weighted by Gasteiger charge is 2.28. The molecular weight excluding hydrogens is 937 g/mol. The second-order valence-corrected chi connectivity index (χ2v) is 19.6. The summed E-state index contributed by atoms with van der Waals surface area (Å²) in [6.45, 7) is 2.65. The highest BCUT2D eigenvalue weighted by molar-refractivity contribution is 6.07. The molecule has 0 saturated carbocycles. The van der Waals surface area contributed by atoms with E-state index in [1.807, 2.05) is 12.1 Å². The van der Waals surface area contributed by atoms with Gasteiger partial charge in [0, 0.05) is 92.0 Å². The van der Waals surface area contributed by atoms with Crippen LogP contribution >= 0.6 is 0 Å². The van der Waals surface area contributed by atoms with Gasteiger partial charge in [-0.3, -0.25) is 0 Å². The van der Waals surface area contributed by atoms with E-state index in [1.165, 1.54) is 11.1 Å². The highest BCUT2D eigenvalue weighted by Crippen LogP contribution is 2.43. The zero-order valence-corrected chi connectivity index (χ0v) is 41.7. The molecule has 76 heavy (non-hydrogen) atoms. The molecule has 2 unspecified atom stereocenters. The van der Waals surface area contributed by atoms with Gasteiger partial charge in [0.05, 0.1) is 47.7 Å². The van der Waals surface area contributed by atoms with Gasteiger partial charge in [-0.05, 0) is 95.1 Å². The van der Waals surface area contributed by atoms with Crippen molar-refractivity contribution in [1.29, 1.82) is 0 Å². The lowest BCUT2D eigenvalue weighted by Crippen LogP contribution is -2.31. The van der Waals surface area contributed by atoms with Crippen molar-refractivity contribution in [2.45, 2.75) is 18.5 Å². The maximum absolute atomic E-state index is 6.33. The molecule has 8 heterocycles. The Kier molecular flexibility index (Phi) is 11.4. The summed E-state index contributed by atoms with van der Waals surface area (Å²) >= 11 is 0. The van der Waals surface area contributed by atoms with E-state index in [2.05, 4.69) is 236 Å². The summed E-state index contributed by atoms with van der Waals surface area (Å²) < 4.78 is 12.5. The molecule has 0 fully saturated rings. The van der Waals surface area contributed by atoms with Gasteiger partial charge in [0.1, 0.15) is 17.3 Å². The SMILES string of the molecule is C1=Cc2c(c3c(c4[nH]c(-c5ccc(OCCCOc6ccc(/C7=C8\C=CC(N8)/C(c8ccccc8)=c8/cc/c([nH]8)=C(\c8ccccc8)C8C=C/C(=C(\c9ccccc9)c9ccc7[nH]9)N8)cc6)cc5)nc24)C=CCN3)NC1. The molecule has 14 rings (SSSR count). The van der Waals surface area contributed by atoms with Crippen LogP contribution in [0.2, 0.25) is 0 Å². The molecule has 370 valence electrons. The lowest BCUT2D eigenvalue weighted by Gasteiger charge is -2.23. The van der Waals surface area contributed by atoms with Gasteiger partial charge in [-0.1, -0.05) is 140 Å². The largest absolute Gasteiger partial charge is 0.493 e. The Morgan fingerprint density at radius 1 is 0.447 bits per heavy atom. The number of ether oxygens (including phenoxy) is 2. The fourth-order valence-electron chi connectivity index (χ4n) is 11.4. The van der Waals surface area contributed by atoms with Crippen molar-refractivity contribution in [3.05, 3.63) is 267 Å². The number of fused-ring (bicyclic) bond motifs is 14. The molecule has 10 nitrogen and oxygen atoms in total. The van der Waals surface area contributed by atoms with E-state index in [0.717, 1.165) is 143 Å². The molecule has 10 heteroatoms. The van der Waals surface area contributed by atoms with E-state index in [9.17, 15) is 0 Å². The van der Waals surface area contributed by atoms with Crippen LogP contribution in [0.15, 0.2) is 212 Å². The van der Waals surface area contributed by atoms with Gasteiger partial charge in [0.25, 0.3) is 0 Å². The minimum atomic E-state index is -0.112. The van der Waals surface area contributed by atoms with Gasteiger partial charge in [-0.2, -0.15) is 0 Å². The van der Waals surface area contributed by atoms with Crippen LogP contribution in [0.1, 0.15) is 51.2 Å². The van der Waals surface area contributed by atoms with Crippen LogP contribution in [0.3, 0.4) is 0 Å². The van der Waals surface area contributed by atoms with Crippen molar-refractivity contribution in [3.63, 3.8) is 0 Å². The minimum Gasteiger partial charge on any atom is -0.493 e. The van der Waals surface area contributed by atoms with Crippen LogP contribution in [0.5, 0.6) is 11.5 Å². The predicted molar refractivity (Wildman–Crippen MR) is 308 cm³/mol. The normalized spacial score (nSPS) is 20.4. The fraction of sp³-hybridized carbons (Fsp3) is 0.106. The minimum absolute atomic E-state index is 0.0818. The third kappa shape index (κ3) is 8.30. The summed E-state index contributed by atoms with van der Waals surface area (Å²) in [5.41, 5.74) is 20.6. The van der Waals surface area contributed by atoms with Gasteiger partial charge in [0.2, 0.25) is 0 Å². The molecule has 2 atom stereocenters. The zero-order valence-electron chi connectivity index (χ0n) is 41.7. The van der Waals surface area contributed by atoms with Crippen LogP contribution in [-0.4, -0.2) is 58.3 Å². The molecule has 0 spiro atoms. The summed E-state index contributed by atoms with van der Waals surface area (Å²) in [5.74, 6) is 2.44. The monoisotopic (exact) mass is 990 g/mol. The van der Waals surface area contributed by atoms with Crippen molar-refractivity contribution in [1.82, 2.24) is 30.6 Å². The Morgan fingerprint density at radius 2 is 0.934 bits per heavy atom. The van der Waals surface area contributed by atoms with Gasteiger partial charge in [-0.25, -0.2) is 4.98 Å². The van der Waals surface area contributed by atoms with Crippen molar-refractivity contribution < 1.29 is 9.47 Å². The number of rotatable bonds is 11. The third-order valence-electron chi connectivity index (χ3n) is 14.9. The highest BCUT2D eigenvalue weighted by atomic mass is 16.5. The number of nitrogens with one attached hydrogen (secondary N) is 7. The van der Waals surface area contributed by atoms with Crippen LogP contribution in [0, 0.1) is 0 Å². The standard InChI is InChI=1S/C66H54N8O2/c1-4-13-41(14-5-1)58-50-29-31-52(69-50)59(42-15-6-2-7-16-42)54-33-35-56(71-54)61(57-36-34-55(72-57)60(43-17-8-3-9-18-43)53-32-30-51(58)70-53)44-21-25-46(26-22-44)75-39-12-40-76-47-27-23-45(24-28-47)66-73-64-48-19-10-37-67-62(48)63-49(65(64)74-66)20-11-38-68-63/h1-11,13-36,50,55,67-72H,12,37-40H2,(H,73,74)/b58-51-,59-52-,60-53-,61-57-. The number of aromatic amines is 3. The first kappa shape index (κ1) is 45.0. The lowest BCUT2D eigenvalue weighted by molar-refractivity contribution is 0.247. The Balaban J connectivity index is 0.732. The van der Waals surface area contributed by atoms with Crippen LogP contribution < -0.4 is 41.4 Å². The number of hydrogen-bond donors (Lipinski definition) is 7. The summed E-state index contributed by atoms with van der Waals surface area (Å²) in [7, 11) is 0. The summed E-state index contributed by atoms with van der Waals surface area (Å²) in [6, 6.07) is 57.3. The van der Waals surface area contributed by atoms with Crippen molar-refractivity contribution in [2.24, 2.45) is 0 Å². The molecule has 5 aliphatic rings. The number of anilines is 2. The van der Waals surface area contributed by atoms with Crippen molar-refractivity contribution in [3.8, 4) is 22.9 Å². The Hall–Kier alpha value is -9.67. The van der Waals surface area contributed by atoms with Gasteiger partial charge < -0.3 is 45.7 Å². The maximum Gasteiger partial charge on any atom is 0.138 e. The third-order valence-corrected chi connectivity index (χ3v) is 14.9. The second kappa shape index (κ2) is 19.3. The molecule has 0 saturated heterocycles. The first-order valence-corrected chi connectivity index (χ1v) is 26.2. The van der Waals surface area contributed by atoms with Crippen LogP contribution in [0.4, 0.5) is 11.4 Å². The van der Waals surface area contributed by atoms with Crippen molar-refractivity contribution in [2.75, 3.05) is 36.9 Å². The smallest absolute Gasteiger partial charge is 0.138 e. The van der Waals surface area contributed by atoms with Crippen molar-refractivity contribution >= 4 is 56.9 Å². The number of benzene rings is 6. The molecule has 0 aliphatic carbocycles. The second-order valence-electron chi connectivity index (χ2n) is 19.6. The molecule has 0 amide bonds. The summed E-state index contributed by atoms with van der Waals surface area (Å²) in [4.78, 5) is 16.5. The number of H-pyrrole nitrogens is 3. The summed E-state index contributed by atoms with van der Waals surface area (Å²) in [5, 5.41) is 17.2. The number of allylic oxidation sites excluding steroid dienone is 2. The molecule has 3 aromatic heterocycles. The Bertz CT molecular complexity index is 3950. The molecular formula is C66H54N8O2. The number of imidazole rings is 1. The van der Waals surface area contributed by atoms with E-state index in [4.69, 9.17) is 14.5 Å². The topological polar surface area (TPSA) is 127 Å². The van der Waals surface area contributed by atoms with E-state index < -0.39 is 0 Å². The molecule has 8 bridgehead atoms. The average Bonchev–Trinajstić information content (AvgIpc) is 4.43. The molecule has 6 aromatic carbocycles. The van der Waals surface area contributed by atoms with Crippen LogP contribution in [-0.2, 0) is 0 Å². The number of nitrogens with zero attached hydrogens (tertiary/aromatic N) is 1. The Morgan fingerprint density at radius 3 is 1.49 bits per heavy atom. The first-order valence-electron chi connectivity index (χ1n) is 26.2. The van der Waals surface area contributed by atoms with Gasteiger partial charge >= 0.3 is 0 Å². The lowest BCUT2D eigenvalue weighted by atomic mass is 9.98. The summed E-state index contributed by atoms with van der Waals surface area (Å²) in [6.07, 6.45) is 18.4. The molecule has 0 radical (unpaired) electrons. The first-order chi connectivity index (χ1) is 37.7.